The number of hydrogen-bond donors (Lipinski definition) is 2. The number of amides is 1. The van der Waals surface area contributed by atoms with Crippen LogP contribution in [-0.2, 0) is 0 Å². The van der Waals surface area contributed by atoms with Gasteiger partial charge in [0.15, 0.2) is 0 Å². The molecule has 2 rings (SSSR count). The molecule has 4 heteroatoms. The minimum atomic E-state index is -0.0252. The van der Waals surface area contributed by atoms with Gasteiger partial charge < -0.3 is 10.6 Å². The normalized spacial score (nSPS) is 15.7. The lowest BCUT2D eigenvalue weighted by Gasteiger charge is -2.23. The highest BCUT2D eigenvalue weighted by atomic mass is 16.1. The van der Waals surface area contributed by atoms with Crippen molar-refractivity contribution >= 4 is 11.7 Å². The van der Waals surface area contributed by atoms with Crippen LogP contribution in [0.4, 0.5) is 5.82 Å². The van der Waals surface area contributed by atoms with Crippen molar-refractivity contribution in [3.05, 3.63) is 23.9 Å². The van der Waals surface area contributed by atoms with E-state index in [4.69, 9.17) is 0 Å². The molecular formula is C17H27N3O. The van der Waals surface area contributed by atoms with Gasteiger partial charge in [-0.3, -0.25) is 4.79 Å². The van der Waals surface area contributed by atoms with Crippen LogP contribution < -0.4 is 10.6 Å². The number of carbonyl (C=O) groups excluding carboxylic acids is 1. The van der Waals surface area contributed by atoms with Gasteiger partial charge in [0.1, 0.15) is 5.82 Å². The second kappa shape index (κ2) is 8.65. The van der Waals surface area contributed by atoms with E-state index < -0.39 is 0 Å². The smallest absolute Gasteiger partial charge is 0.252 e. The fraction of sp³-hybridized carbons (Fsp3) is 0.647. The summed E-state index contributed by atoms with van der Waals surface area (Å²) in [4.78, 5) is 16.3. The summed E-state index contributed by atoms with van der Waals surface area (Å²) in [6.07, 6.45) is 11.4. The molecule has 1 heterocycles. The molecule has 1 aromatic heterocycles. The van der Waals surface area contributed by atoms with Crippen LogP contribution in [0.15, 0.2) is 18.3 Å². The maximum absolute atomic E-state index is 11.9. The van der Waals surface area contributed by atoms with Crippen molar-refractivity contribution in [2.24, 2.45) is 0 Å². The van der Waals surface area contributed by atoms with E-state index >= 15 is 0 Å². The van der Waals surface area contributed by atoms with E-state index in [-0.39, 0.29) is 5.91 Å². The van der Waals surface area contributed by atoms with Crippen LogP contribution in [0.5, 0.6) is 0 Å². The van der Waals surface area contributed by atoms with Crippen molar-refractivity contribution in [1.82, 2.24) is 10.3 Å². The van der Waals surface area contributed by atoms with E-state index in [0.29, 0.717) is 11.6 Å². The number of nitrogens with one attached hydrogen (secondary N) is 2. The van der Waals surface area contributed by atoms with Gasteiger partial charge in [0.25, 0.3) is 5.91 Å². The van der Waals surface area contributed by atoms with Crippen LogP contribution in [0, 0.1) is 0 Å². The average Bonchev–Trinajstić information content (AvgIpc) is 2.53. The Balaban J connectivity index is 1.79. The second-order valence-electron chi connectivity index (χ2n) is 5.87. The predicted molar refractivity (Wildman–Crippen MR) is 86.6 cm³/mol. The molecule has 1 aromatic rings. The van der Waals surface area contributed by atoms with Crippen molar-refractivity contribution < 1.29 is 4.79 Å². The van der Waals surface area contributed by atoms with E-state index in [0.717, 1.165) is 25.2 Å². The highest BCUT2D eigenvalue weighted by Crippen LogP contribution is 2.20. The largest absolute Gasteiger partial charge is 0.367 e. The maximum atomic E-state index is 11.9. The number of carbonyl (C=O) groups is 1. The van der Waals surface area contributed by atoms with Crippen LogP contribution >= 0.6 is 0 Å². The standard InChI is InChI=1S/C17H27N3O/c1-2-3-7-12-18-17(21)14-10-11-16(19-13-14)20-15-8-5-4-6-9-15/h10-11,13,15H,2-9,12H2,1H3,(H,18,21)(H,19,20). The molecule has 4 nitrogen and oxygen atoms in total. The summed E-state index contributed by atoms with van der Waals surface area (Å²) >= 11 is 0. The molecule has 21 heavy (non-hydrogen) atoms. The van der Waals surface area contributed by atoms with E-state index in [1.807, 2.05) is 12.1 Å². The van der Waals surface area contributed by atoms with Crippen LogP contribution in [0.25, 0.3) is 0 Å². The lowest BCUT2D eigenvalue weighted by Crippen LogP contribution is -2.25. The molecule has 0 aromatic carbocycles. The topological polar surface area (TPSA) is 54.0 Å². The highest BCUT2D eigenvalue weighted by molar-refractivity contribution is 5.94. The van der Waals surface area contributed by atoms with Crippen LogP contribution in [-0.4, -0.2) is 23.5 Å². The number of rotatable bonds is 7. The first-order valence-corrected chi connectivity index (χ1v) is 8.30. The van der Waals surface area contributed by atoms with Gasteiger partial charge >= 0.3 is 0 Å². The Labute approximate surface area is 127 Å². The third kappa shape index (κ3) is 5.37. The second-order valence-corrected chi connectivity index (χ2v) is 5.87. The summed E-state index contributed by atoms with van der Waals surface area (Å²) in [6.45, 7) is 2.90. The molecule has 1 saturated carbocycles. The Kier molecular flexibility index (Phi) is 6.51. The van der Waals surface area contributed by atoms with Gasteiger partial charge in [-0.25, -0.2) is 4.98 Å². The Hall–Kier alpha value is -1.58. The Morgan fingerprint density at radius 1 is 1.24 bits per heavy atom. The lowest BCUT2D eigenvalue weighted by molar-refractivity contribution is 0.0952. The number of aromatic nitrogens is 1. The first-order valence-electron chi connectivity index (χ1n) is 8.30. The monoisotopic (exact) mass is 289 g/mol. The number of unbranched alkanes of at least 4 members (excludes halogenated alkanes) is 2. The SMILES string of the molecule is CCCCCNC(=O)c1ccc(NC2CCCCC2)nc1. The van der Waals surface area contributed by atoms with Gasteiger partial charge in [0.05, 0.1) is 5.56 Å². The molecule has 0 atom stereocenters. The first kappa shape index (κ1) is 15.8. The molecule has 1 amide bonds. The highest BCUT2D eigenvalue weighted by Gasteiger charge is 2.13. The number of hydrogen-bond acceptors (Lipinski definition) is 3. The molecular weight excluding hydrogens is 262 g/mol. The molecule has 0 unspecified atom stereocenters. The predicted octanol–water partition coefficient (Wildman–Crippen LogP) is 3.75. The summed E-state index contributed by atoms with van der Waals surface area (Å²) in [5.74, 6) is 0.854. The van der Waals surface area contributed by atoms with Gasteiger partial charge in [-0.15, -0.1) is 0 Å². The molecule has 0 aliphatic heterocycles. The Morgan fingerprint density at radius 2 is 2.05 bits per heavy atom. The summed E-state index contributed by atoms with van der Waals surface area (Å²) in [6, 6.07) is 4.31. The molecule has 0 spiro atoms. The summed E-state index contributed by atoms with van der Waals surface area (Å²) in [5, 5.41) is 6.40. The fourth-order valence-corrected chi connectivity index (χ4v) is 2.75. The van der Waals surface area contributed by atoms with Crippen molar-refractivity contribution in [2.45, 2.75) is 64.3 Å². The zero-order chi connectivity index (χ0) is 14.9. The maximum Gasteiger partial charge on any atom is 0.252 e. The zero-order valence-electron chi connectivity index (χ0n) is 13.0. The van der Waals surface area contributed by atoms with Gasteiger partial charge in [-0.2, -0.15) is 0 Å². The molecule has 1 aliphatic carbocycles. The van der Waals surface area contributed by atoms with Crippen molar-refractivity contribution in [3.63, 3.8) is 0 Å². The fourth-order valence-electron chi connectivity index (χ4n) is 2.75. The molecule has 0 bridgehead atoms. The van der Waals surface area contributed by atoms with Crippen molar-refractivity contribution in [1.29, 1.82) is 0 Å². The van der Waals surface area contributed by atoms with Crippen LogP contribution in [0.3, 0.4) is 0 Å². The third-order valence-corrected chi connectivity index (χ3v) is 4.05. The van der Waals surface area contributed by atoms with Crippen LogP contribution in [0.2, 0.25) is 0 Å². The molecule has 2 N–H and O–H groups in total. The first-order chi connectivity index (χ1) is 10.3. The van der Waals surface area contributed by atoms with Crippen LogP contribution in [0.1, 0.15) is 68.6 Å². The van der Waals surface area contributed by atoms with Crippen molar-refractivity contribution in [3.8, 4) is 0 Å². The van der Waals surface area contributed by atoms with Gasteiger partial charge in [-0.05, 0) is 31.4 Å². The molecule has 0 saturated heterocycles. The number of nitrogens with zero attached hydrogens (tertiary/aromatic N) is 1. The summed E-state index contributed by atoms with van der Waals surface area (Å²) in [5.41, 5.74) is 0.640. The molecule has 1 aliphatic rings. The van der Waals surface area contributed by atoms with Gasteiger partial charge in [0.2, 0.25) is 0 Å². The van der Waals surface area contributed by atoms with E-state index in [1.54, 1.807) is 6.20 Å². The Morgan fingerprint density at radius 3 is 2.71 bits per heavy atom. The van der Waals surface area contributed by atoms with E-state index in [1.165, 1.54) is 38.5 Å². The van der Waals surface area contributed by atoms with Gasteiger partial charge in [-0.1, -0.05) is 39.0 Å². The van der Waals surface area contributed by atoms with E-state index in [2.05, 4.69) is 22.5 Å². The zero-order valence-corrected chi connectivity index (χ0v) is 13.0. The van der Waals surface area contributed by atoms with E-state index in [9.17, 15) is 4.79 Å². The summed E-state index contributed by atoms with van der Waals surface area (Å²) in [7, 11) is 0. The molecule has 1 fully saturated rings. The Bertz CT molecular complexity index is 424. The number of pyridine rings is 1. The van der Waals surface area contributed by atoms with Crippen molar-refractivity contribution in [2.75, 3.05) is 11.9 Å². The number of anilines is 1. The minimum absolute atomic E-state index is 0.0252. The minimum Gasteiger partial charge on any atom is -0.367 e. The average molecular weight is 289 g/mol. The summed E-state index contributed by atoms with van der Waals surface area (Å²) < 4.78 is 0. The van der Waals surface area contributed by atoms with Gasteiger partial charge in [0, 0.05) is 18.8 Å². The molecule has 116 valence electrons. The third-order valence-electron chi connectivity index (χ3n) is 4.05. The molecule has 0 radical (unpaired) electrons. The lowest BCUT2D eigenvalue weighted by atomic mass is 9.95. The quantitative estimate of drug-likeness (QED) is 0.752.